The van der Waals surface area contributed by atoms with Crippen molar-refractivity contribution >= 4 is 11.6 Å². The molecule has 2 aliphatic heterocycles. The number of amides is 1. The molecule has 1 N–H and O–H groups in total. The van der Waals surface area contributed by atoms with Gasteiger partial charge in [-0.05, 0) is 25.1 Å². The van der Waals surface area contributed by atoms with Crippen molar-refractivity contribution in [3.8, 4) is 0 Å². The highest BCUT2D eigenvalue weighted by atomic mass is 16.2. The lowest BCUT2D eigenvalue weighted by atomic mass is 10.1. The van der Waals surface area contributed by atoms with Gasteiger partial charge >= 0.3 is 0 Å². The van der Waals surface area contributed by atoms with E-state index in [0.717, 1.165) is 38.3 Å². The van der Waals surface area contributed by atoms with Gasteiger partial charge in [0.05, 0.1) is 0 Å². The molecule has 4 nitrogen and oxygen atoms in total. The molecule has 3 rings (SSSR count). The van der Waals surface area contributed by atoms with E-state index in [1.54, 1.807) is 0 Å². The van der Waals surface area contributed by atoms with E-state index in [2.05, 4.69) is 36.2 Å². The molecule has 2 aliphatic rings. The van der Waals surface area contributed by atoms with Gasteiger partial charge in [-0.3, -0.25) is 9.69 Å². The maximum absolute atomic E-state index is 12.7. The molecule has 0 aromatic heterocycles. The number of hydrogen-bond donors (Lipinski definition) is 1. The first-order valence-electron chi connectivity index (χ1n) is 7.56. The summed E-state index contributed by atoms with van der Waals surface area (Å²) in [6, 6.07) is 8.60. The number of carbonyl (C=O) groups excluding carboxylic acids is 1. The molecule has 1 amide bonds. The van der Waals surface area contributed by atoms with Crippen molar-refractivity contribution in [3.63, 3.8) is 0 Å². The van der Waals surface area contributed by atoms with Gasteiger partial charge in [-0.25, -0.2) is 0 Å². The van der Waals surface area contributed by atoms with E-state index in [4.69, 9.17) is 0 Å². The minimum Gasteiger partial charge on any atom is -0.373 e. The summed E-state index contributed by atoms with van der Waals surface area (Å²) >= 11 is 0. The van der Waals surface area contributed by atoms with E-state index >= 15 is 0 Å². The maximum atomic E-state index is 12.7. The van der Waals surface area contributed by atoms with Crippen LogP contribution in [-0.4, -0.2) is 54.0 Å². The molecule has 0 saturated carbocycles. The largest absolute Gasteiger partial charge is 0.373 e. The number of benzene rings is 1. The van der Waals surface area contributed by atoms with Crippen molar-refractivity contribution in [1.82, 2.24) is 9.80 Å². The molecular weight excluding hydrogens is 250 g/mol. The van der Waals surface area contributed by atoms with Crippen molar-refractivity contribution in [2.45, 2.75) is 32.4 Å². The normalized spacial score (nSPS) is 26.2. The molecule has 1 fully saturated rings. The highest BCUT2D eigenvalue weighted by molar-refractivity contribution is 5.87. The molecule has 0 bridgehead atoms. The Morgan fingerprint density at radius 1 is 1.35 bits per heavy atom. The van der Waals surface area contributed by atoms with Gasteiger partial charge < -0.3 is 10.2 Å². The van der Waals surface area contributed by atoms with Crippen molar-refractivity contribution < 1.29 is 4.79 Å². The molecular formula is C16H23N3O. The van der Waals surface area contributed by atoms with E-state index in [0.29, 0.717) is 6.04 Å². The molecule has 4 heteroatoms. The highest BCUT2D eigenvalue weighted by Crippen LogP contribution is 2.26. The summed E-state index contributed by atoms with van der Waals surface area (Å²) in [5, 5.41) is 3.37. The van der Waals surface area contributed by atoms with Crippen LogP contribution in [0.4, 0.5) is 5.69 Å². The van der Waals surface area contributed by atoms with Crippen molar-refractivity contribution in [2.24, 2.45) is 0 Å². The molecule has 108 valence electrons. The first kappa shape index (κ1) is 13.4. The van der Waals surface area contributed by atoms with Gasteiger partial charge in [0, 0.05) is 37.8 Å². The molecule has 2 unspecified atom stereocenters. The second-order valence-electron chi connectivity index (χ2n) is 5.82. The van der Waals surface area contributed by atoms with Gasteiger partial charge in [-0.1, -0.05) is 25.1 Å². The van der Waals surface area contributed by atoms with Crippen LogP contribution in [0.15, 0.2) is 24.3 Å². The minimum absolute atomic E-state index is 0.0761. The fourth-order valence-corrected chi connectivity index (χ4v) is 3.33. The summed E-state index contributed by atoms with van der Waals surface area (Å²) in [5.74, 6) is 0.254. The molecule has 1 saturated heterocycles. The van der Waals surface area contributed by atoms with E-state index in [9.17, 15) is 4.79 Å². The average Bonchev–Trinajstić information content (AvgIpc) is 2.90. The topological polar surface area (TPSA) is 35.6 Å². The molecule has 1 aromatic rings. The Bertz CT molecular complexity index is 477. The van der Waals surface area contributed by atoms with Crippen LogP contribution in [0.1, 0.15) is 19.4 Å². The average molecular weight is 273 g/mol. The number of nitrogens with zero attached hydrogens (tertiary/aromatic N) is 2. The number of likely N-dealkylation sites (N-methyl/N-ethyl adjacent to an activating group) is 1. The zero-order chi connectivity index (χ0) is 14.1. The van der Waals surface area contributed by atoms with Gasteiger partial charge in [0.25, 0.3) is 0 Å². The first-order valence-corrected chi connectivity index (χ1v) is 7.56. The molecule has 2 atom stereocenters. The maximum Gasteiger partial charge on any atom is 0.245 e. The number of rotatable bonds is 2. The van der Waals surface area contributed by atoms with Crippen LogP contribution in [0.2, 0.25) is 0 Å². The lowest BCUT2D eigenvalue weighted by molar-refractivity contribution is -0.134. The summed E-state index contributed by atoms with van der Waals surface area (Å²) in [6.45, 7) is 8.15. The van der Waals surface area contributed by atoms with Crippen LogP contribution in [0.5, 0.6) is 0 Å². The van der Waals surface area contributed by atoms with Crippen LogP contribution in [0, 0.1) is 0 Å². The number of carbonyl (C=O) groups is 1. The third-order valence-electron chi connectivity index (χ3n) is 4.55. The lowest BCUT2D eigenvalue weighted by Gasteiger charge is -2.40. The Morgan fingerprint density at radius 3 is 2.85 bits per heavy atom. The smallest absolute Gasteiger partial charge is 0.245 e. The fourth-order valence-electron chi connectivity index (χ4n) is 3.33. The molecule has 1 aromatic carbocycles. The predicted octanol–water partition coefficient (Wildman–Crippen LogP) is 1.58. The van der Waals surface area contributed by atoms with Gasteiger partial charge in [0.2, 0.25) is 5.91 Å². The van der Waals surface area contributed by atoms with E-state index in [1.165, 1.54) is 5.56 Å². The zero-order valence-corrected chi connectivity index (χ0v) is 12.3. The van der Waals surface area contributed by atoms with Crippen molar-refractivity contribution in [3.05, 3.63) is 29.8 Å². The summed E-state index contributed by atoms with van der Waals surface area (Å²) in [7, 11) is 0. The zero-order valence-electron chi connectivity index (χ0n) is 12.3. The molecule has 0 radical (unpaired) electrons. The Kier molecular flexibility index (Phi) is 3.66. The second-order valence-corrected chi connectivity index (χ2v) is 5.82. The number of anilines is 1. The summed E-state index contributed by atoms with van der Waals surface area (Å²) in [5.41, 5.74) is 2.37. The minimum atomic E-state index is -0.0761. The number of para-hydroxylation sites is 1. The fraction of sp³-hybridized carbons (Fsp3) is 0.562. The van der Waals surface area contributed by atoms with Crippen molar-refractivity contribution in [2.75, 3.05) is 31.5 Å². The van der Waals surface area contributed by atoms with E-state index in [1.807, 2.05) is 17.0 Å². The Labute approximate surface area is 120 Å². The third-order valence-corrected chi connectivity index (χ3v) is 4.55. The van der Waals surface area contributed by atoms with Crippen LogP contribution in [0.3, 0.4) is 0 Å². The van der Waals surface area contributed by atoms with Crippen LogP contribution in [-0.2, 0) is 11.2 Å². The van der Waals surface area contributed by atoms with Gasteiger partial charge in [0.15, 0.2) is 0 Å². The quantitative estimate of drug-likeness (QED) is 0.888. The van der Waals surface area contributed by atoms with Crippen molar-refractivity contribution in [1.29, 1.82) is 0 Å². The van der Waals surface area contributed by atoms with Crippen LogP contribution in [0.25, 0.3) is 0 Å². The lowest BCUT2D eigenvalue weighted by Crippen LogP contribution is -2.56. The molecule has 0 aliphatic carbocycles. The Hall–Kier alpha value is -1.55. The van der Waals surface area contributed by atoms with Crippen LogP contribution < -0.4 is 5.32 Å². The Morgan fingerprint density at radius 2 is 2.15 bits per heavy atom. The number of fused-ring (bicyclic) bond motifs is 1. The van der Waals surface area contributed by atoms with Crippen LogP contribution >= 0.6 is 0 Å². The number of hydrogen-bond acceptors (Lipinski definition) is 3. The highest BCUT2D eigenvalue weighted by Gasteiger charge is 2.33. The van der Waals surface area contributed by atoms with E-state index in [-0.39, 0.29) is 11.9 Å². The van der Waals surface area contributed by atoms with Gasteiger partial charge in [-0.2, -0.15) is 0 Å². The number of nitrogens with one attached hydrogen (secondary N) is 1. The third kappa shape index (κ3) is 2.40. The molecule has 0 spiro atoms. The SMILES string of the molecule is CCN1CCN(C(=O)C2Cc3ccccc3N2)CC1C. The molecule has 20 heavy (non-hydrogen) atoms. The summed E-state index contributed by atoms with van der Waals surface area (Å²) in [4.78, 5) is 17.1. The summed E-state index contributed by atoms with van der Waals surface area (Å²) < 4.78 is 0. The summed E-state index contributed by atoms with van der Waals surface area (Å²) in [6.07, 6.45) is 0.817. The molecule has 2 heterocycles. The first-order chi connectivity index (χ1) is 9.69. The second kappa shape index (κ2) is 5.44. The van der Waals surface area contributed by atoms with Gasteiger partial charge in [-0.15, -0.1) is 0 Å². The standard InChI is InChI=1S/C16H23N3O/c1-3-18-8-9-19(11-12(18)2)16(20)15-10-13-6-4-5-7-14(13)17-15/h4-7,12,15,17H,3,8-11H2,1-2H3. The van der Waals surface area contributed by atoms with Gasteiger partial charge in [0.1, 0.15) is 6.04 Å². The monoisotopic (exact) mass is 273 g/mol. The number of piperazine rings is 1. The Balaban J connectivity index is 1.64. The van der Waals surface area contributed by atoms with E-state index < -0.39 is 0 Å². The predicted molar refractivity (Wildman–Crippen MR) is 80.8 cm³/mol.